The molecule has 0 spiro atoms. The lowest BCUT2D eigenvalue weighted by molar-refractivity contribution is -0.130. The highest BCUT2D eigenvalue weighted by Crippen LogP contribution is 2.22. The van der Waals surface area contributed by atoms with E-state index in [0.717, 1.165) is 25.9 Å². The highest BCUT2D eigenvalue weighted by Gasteiger charge is 2.36. The van der Waals surface area contributed by atoms with Gasteiger partial charge in [-0.3, -0.25) is 9.59 Å². The number of hydrogen-bond acceptors (Lipinski definition) is 3. The molecule has 0 saturated carbocycles. The second-order valence-electron chi connectivity index (χ2n) is 5.06. The van der Waals surface area contributed by atoms with Crippen molar-refractivity contribution < 1.29 is 9.59 Å². The fourth-order valence-electron chi connectivity index (χ4n) is 2.58. The summed E-state index contributed by atoms with van der Waals surface area (Å²) in [5.74, 6) is -0.0324. The van der Waals surface area contributed by atoms with E-state index in [2.05, 4.69) is 24.5 Å². The Hall–Kier alpha value is -1.10. The minimum atomic E-state index is -0.172. The van der Waals surface area contributed by atoms with E-state index in [1.807, 2.05) is 11.8 Å². The van der Waals surface area contributed by atoms with Crippen molar-refractivity contribution in [2.45, 2.75) is 46.1 Å². The molecule has 0 radical (unpaired) electrons. The summed E-state index contributed by atoms with van der Waals surface area (Å²) in [6, 6.07) is 0.284. The van der Waals surface area contributed by atoms with Gasteiger partial charge in [0.15, 0.2) is 0 Å². The fraction of sp³-hybridized carbons (Fsp3) is 0.857. The van der Waals surface area contributed by atoms with Crippen LogP contribution >= 0.6 is 0 Å². The maximum atomic E-state index is 12.0. The molecule has 5 nitrogen and oxygen atoms in total. The van der Waals surface area contributed by atoms with E-state index >= 15 is 0 Å². The molecule has 1 saturated heterocycles. The van der Waals surface area contributed by atoms with Crippen LogP contribution in [0.1, 0.15) is 40.0 Å². The average molecular weight is 269 g/mol. The molecule has 19 heavy (non-hydrogen) atoms. The Morgan fingerprint density at radius 2 is 2.00 bits per heavy atom. The third kappa shape index (κ3) is 4.49. The monoisotopic (exact) mass is 269 g/mol. The molecule has 0 aromatic rings. The lowest BCUT2D eigenvalue weighted by Crippen LogP contribution is -2.39. The first-order valence-corrected chi connectivity index (χ1v) is 7.41. The summed E-state index contributed by atoms with van der Waals surface area (Å²) < 4.78 is 0. The van der Waals surface area contributed by atoms with E-state index in [9.17, 15) is 9.59 Å². The molecule has 2 N–H and O–H groups in total. The van der Waals surface area contributed by atoms with E-state index < -0.39 is 0 Å². The van der Waals surface area contributed by atoms with Gasteiger partial charge in [0.05, 0.1) is 5.92 Å². The lowest BCUT2D eigenvalue weighted by Gasteiger charge is -2.26. The Morgan fingerprint density at radius 3 is 2.58 bits per heavy atom. The van der Waals surface area contributed by atoms with Gasteiger partial charge in [-0.2, -0.15) is 0 Å². The number of amides is 2. The van der Waals surface area contributed by atoms with Crippen molar-refractivity contribution in [3.8, 4) is 0 Å². The molecule has 0 aromatic carbocycles. The van der Waals surface area contributed by atoms with Crippen LogP contribution in [0.25, 0.3) is 0 Å². The Kier molecular flexibility index (Phi) is 6.84. The summed E-state index contributed by atoms with van der Waals surface area (Å²) in [7, 11) is 0. The third-order valence-electron chi connectivity index (χ3n) is 3.76. The molecule has 0 bridgehead atoms. The first kappa shape index (κ1) is 16.0. The second-order valence-corrected chi connectivity index (χ2v) is 5.06. The topological polar surface area (TPSA) is 61.4 Å². The molecule has 1 fully saturated rings. The molecule has 1 atom stereocenters. The molecule has 1 aliphatic heterocycles. The molecule has 5 heteroatoms. The van der Waals surface area contributed by atoms with Gasteiger partial charge in [0.2, 0.25) is 11.8 Å². The van der Waals surface area contributed by atoms with Crippen molar-refractivity contribution in [1.82, 2.24) is 15.5 Å². The second kappa shape index (κ2) is 8.15. The van der Waals surface area contributed by atoms with E-state index in [4.69, 9.17) is 0 Å². The third-order valence-corrected chi connectivity index (χ3v) is 3.76. The van der Waals surface area contributed by atoms with Crippen LogP contribution in [0.2, 0.25) is 0 Å². The van der Waals surface area contributed by atoms with Gasteiger partial charge < -0.3 is 15.5 Å². The predicted molar refractivity (Wildman–Crippen MR) is 75.7 cm³/mol. The zero-order valence-corrected chi connectivity index (χ0v) is 12.4. The van der Waals surface area contributed by atoms with Gasteiger partial charge in [-0.15, -0.1) is 0 Å². The van der Waals surface area contributed by atoms with Crippen molar-refractivity contribution in [2.75, 3.05) is 26.2 Å². The number of carbonyl (C=O) groups excluding carboxylic acids is 2. The predicted octanol–water partition coefficient (Wildman–Crippen LogP) is 0.749. The Morgan fingerprint density at radius 1 is 1.32 bits per heavy atom. The Balaban J connectivity index is 2.40. The summed E-state index contributed by atoms with van der Waals surface area (Å²) in [5.41, 5.74) is 0. The van der Waals surface area contributed by atoms with Crippen molar-refractivity contribution in [3.05, 3.63) is 0 Å². The van der Waals surface area contributed by atoms with Gasteiger partial charge in [0, 0.05) is 32.1 Å². The molecule has 1 rings (SSSR count). The Bertz CT molecular complexity index is 303. The van der Waals surface area contributed by atoms with Crippen molar-refractivity contribution in [1.29, 1.82) is 0 Å². The maximum absolute atomic E-state index is 12.0. The number of hydrogen-bond donors (Lipinski definition) is 2. The van der Waals surface area contributed by atoms with Crippen LogP contribution in [-0.4, -0.2) is 48.9 Å². The summed E-state index contributed by atoms with van der Waals surface area (Å²) in [6.45, 7) is 9.10. The van der Waals surface area contributed by atoms with Gasteiger partial charge in [-0.25, -0.2) is 0 Å². The molecular weight excluding hydrogens is 242 g/mol. The molecule has 1 aliphatic rings. The molecule has 1 heterocycles. The molecule has 0 aliphatic carbocycles. The van der Waals surface area contributed by atoms with Crippen LogP contribution in [0, 0.1) is 5.92 Å². The van der Waals surface area contributed by atoms with E-state index in [1.165, 1.54) is 0 Å². The summed E-state index contributed by atoms with van der Waals surface area (Å²) in [5, 5.41) is 6.05. The highest BCUT2D eigenvalue weighted by atomic mass is 16.2. The number of carbonyl (C=O) groups is 2. The standard InChI is InChI=1S/C14H27N3O2/c1-4-12(5-2)17-10-11(9-13(17)18)14(19)16-8-7-15-6-3/h11-12,15H,4-10H2,1-3H3,(H,16,19). The quantitative estimate of drug-likeness (QED) is 0.639. The SMILES string of the molecule is CCNCCNC(=O)C1CC(=O)N(C(CC)CC)C1. The Labute approximate surface area is 116 Å². The number of likely N-dealkylation sites (N-methyl/N-ethyl adjacent to an activating group) is 1. The van der Waals surface area contributed by atoms with Crippen LogP contribution in [0.5, 0.6) is 0 Å². The zero-order chi connectivity index (χ0) is 14.3. The molecule has 0 aromatic heterocycles. The minimum Gasteiger partial charge on any atom is -0.355 e. The van der Waals surface area contributed by atoms with E-state index in [-0.39, 0.29) is 23.8 Å². The normalized spacial score (nSPS) is 19.3. The smallest absolute Gasteiger partial charge is 0.225 e. The van der Waals surface area contributed by atoms with Crippen molar-refractivity contribution in [2.24, 2.45) is 5.92 Å². The minimum absolute atomic E-state index is 0.0136. The first-order chi connectivity index (χ1) is 9.13. The number of likely N-dealkylation sites (tertiary alicyclic amines) is 1. The van der Waals surface area contributed by atoms with Crippen LogP contribution in [-0.2, 0) is 9.59 Å². The number of nitrogens with one attached hydrogen (secondary N) is 2. The van der Waals surface area contributed by atoms with Crippen LogP contribution in [0.15, 0.2) is 0 Å². The van der Waals surface area contributed by atoms with Gasteiger partial charge in [-0.1, -0.05) is 20.8 Å². The average Bonchev–Trinajstić information content (AvgIpc) is 2.79. The van der Waals surface area contributed by atoms with Crippen LogP contribution in [0.4, 0.5) is 0 Å². The maximum Gasteiger partial charge on any atom is 0.225 e. The largest absolute Gasteiger partial charge is 0.355 e. The summed E-state index contributed by atoms with van der Waals surface area (Å²) in [4.78, 5) is 25.8. The zero-order valence-electron chi connectivity index (χ0n) is 12.4. The van der Waals surface area contributed by atoms with Gasteiger partial charge >= 0.3 is 0 Å². The molecule has 1 unspecified atom stereocenters. The van der Waals surface area contributed by atoms with Gasteiger partial charge in [-0.05, 0) is 19.4 Å². The summed E-state index contributed by atoms with van der Waals surface area (Å²) >= 11 is 0. The number of rotatable bonds is 8. The van der Waals surface area contributed by atoms with Crippen molar-refractivity contribution in [3.63, 3.8) is 0 Å². The molecular formula is C14H27N3O2. The fourth-order valence-corrected chi connectivity index (χ4v) is 2.58. The van der Waals surface area contributed by atoms with Crippen LogP contribution in [0.3, 0.4) is 0 Å². The molecule has 2 amide bonds. The van der Waals surface area contributed by atoms with E-state index in [1.54, 1.807) is 0 Å². The number of nitrogens with zero attached hydrogens (tertiary/aromatic N) is 1. The van der Waals surface area contributed by atoms with Crippen LogP contribution < -0.4 is 10.6 Å². The first-order valence-electron chi connectivity index (χ1n) is 7.41. The highest BCUT2D eigenvalue weighted by molar-refractivity contribution is 5.89. The van der Waals surface area contributed by atoms with Gasteiger partial charge in [0.1, 0.15) is 0 Å². The molecule has 110 valence electrons. The lowest BCUT2D eigenvalue weighted by atomic mass is 10.1. The summed E-state index contributed by atoms with van der Waals surface area (Å²) in [6.07, 6.45) is 2.28. The van der Waals surface area contributed by atoms with E-state index in [0.29, 0.717) is 19.5 Å². The van der Waals surface area contributed by atoms with Crippen molar-refractivity contribution >= 4 is 11.8 Å². The van der Waals surface area contributed by atoms with Gasteiger partial charge in [0.25, 0.3) is 0 Å².